The summed E-state index contributed by atoms with van der Waals surface area (Å²) < 4.78 is 0. The molecule has 2 heterocycles. The van der Waals surface area contributed by atoms with Crippen molar-refractivity contribution in [2.24, 2.45) is 0 Å². The quantitative estimate of drug-likeness (QED) is 0.778. The fraction of sp³-hybridized carbons (Fsp3) is 0.333. The Hall–Kier alpha value is -1.70. The van der Waals surface area contributed by atoms with Gasteiger partial charge in [-0.05, 0) is 48.9 Å². The van der Waals surface area contributed by atoms with Crippen LogP contribution in [0.1, 0.15) is 36.9 Å². The third-order valence-electron chi connectivity index (χ3n) is 3.05. The number of aryl methyl sites for hydroxylation is 1. The summed E-state index contributed by atoms with van der Waals surface area (Å²) in [5.74, 6) is 0.576. The zero-order chi connectivity index (χ0) is 11.9. The fourth-order valence-corrected chi connectivity index (χ4v) is 1.97. The second kappa shape index (κ2) is 6.14. The summed E-state index contributed by atoms with van der Waals surface area (Å²) in [7, 11) is 0. The molecule has 0 spiro atoms. The van der Waals surface area contributed by atoms with Crippen LogP contribution in [0.5, 0.6) is 0 Å². The first-order valence-corrected chi connectivity index (χ1v) is 6.16. The minimum atomic E-state index is 0.576. The van der Waals surface area contributed by atoms with Crippen molar-refractivity contribution in [2.45, 2.75) is 32.1 Å². The van der Waals surface area contributed by atoms with Crippen LogP contribution in [0.3, 0.4) is 0 Å². The van der Waals surface area contributed by atoms with Gasteiger partial charge in [0.25, 0.3) is 0 Å². The molecule has 0 aliphatic carbocycles. The Kier molecular flexibility index (Phi) is 4.25. The molecule has 88 valence electrons. The van der Waals surface area contributed by atoms with E-state index in [0.717, 1.165) is 6.42 Å². The molecule has 0 N–H and O–H groups in total. The highest BCUT2D eigenvalue weighted by Gasteiger charge is 2.05. The Bertz CT molecular complexity index is 425. The molecule has 2 heteroatoms. The molecule has 0 fully saturated rings. The summed E-state index contributed by atoms with van der Waals surface area (Å²) in [5, 5.41) is 0. The van der Waals surface area contributed by atoms with Gasteiger partial charge in [-0.3, -0.25) is 9.97 Å². The van der Waals surface area contributed by atoms with Gasteiger partial charge in [0.2, 0.25) is 0 Å². The Balaban J connectivity index is 1.79. The van der Waals surface area contributed by atoms with Gasteiger partial charge >= 0.3 is 0 Å². The van der Waals surface area contributed by atoms with Crippen molar-refractivity contribution in [3.63, 3.8) is 0 Å². The maximum absolute atomic E-state index is 4.34. The molecule has 0 aromatic carbocycles. The second-order valence-corrected chi connectivity index (χ2v) is 4.40. The Morgan fingerprint density at radius 3 is 2.76 bits per heavy atom. The number of nitrogens with zero attached hydrogens (tertiary/aromatic N) is 2. The average molecular weight is 226 g/mol. The van der Waals surface area contributed by atoms with Crippen molar-refractivity contribution in [3.05, 3.63) is 60.2 Å². The third kappa shape index (κ3) is 3.66. The van der Waals surface area contributed by atoms with Crippen molar-refractivity contribution >= 4 is 0 Å². The van der Waals surface area contributed by atoms with E-state index in [2.05, 4.69) is 29.0 Å². The van der Waals surface area contributed by atoms with Gasteiger partial charge in [-0.15, -0.1) is 0 Å². The van der Waals surface area contributed by atoms with Crippen LogP contribution in [0.15, 0.2) is 48.9 Å². The monoisotopic (exact) mass is 226 g/mol. The fourth-order valence-electron chi connectivity index (χ4n) is 1.97. The molecule has 0 radical (unpaired) electrons. The summed E-state index contributed by atoms with van der Waals surface area (Å²) in [5.41, 5.74) is 2.51. The first kappa shape index (κ1) is 11.8. The van der Waals surface area contributed by atoms with E-state index in [1.165, 1.54) is 24.1 Å². The zero-order valence-electron chi connectivity index (χ0n) is 10.2. The van der Waals surface area contributed by atoms with Gasteiger partial charge in [0.05, 0.1) is 0 Å². The SMILES string of the molecule is CC(CCCc1ccccn1)c1cccnc1. The molecule has 0 aliphatic heterocycles. The molecule has 1 atom stereocenters. The molecular weight excluding hydrogens is 208 g/mol. The van der Waals surface area contributed by atoms with Gasteiger partial charge in [-0.25, -0.2) is 0 Å². The third-order valence-corrected chi connectivity index (χ3v) is 3.05. The van der Waals surface area contributed by atoms with Gasteiger partial charge in [0.15, 0.2) is 0 Å². The minimum absolute atomic E-state index is 0.576. The lowest BCUT2D eigenvalue weighted by atomic mass is 9.96. The number of aromatic nitrogens is 2. The molecule has 2 aromatic heterocycles. The topological polar surface area (TPSA) is 25.8 Å². The molecule has 17 heavy (non-hydrogen) atoms. The number of hydrogen-bond donors (Lipinski definition) is 0. The van der Waals surface area contributed by atoms with Crippen molar-refractivity contribution < 1.29 is 0 Å². The lowest BCUT2D eigenvalue weighted by Crippen LogP contribution is -1.96. The molecule has 0 bridgehead atoms. The van der Waals surface area contributed by atoms with E-state index in [4.69, 9.17) is 0 Å². The number of rotatable bonds is 5. The summed E-state index contributed by atoms with van der Waals surface area (Å²) >= 11 is 0. The van der Waals surface area contributed by atoms with Crippen LogP contribution in [-0.4, -0.2) is 9.97 Å². The first-order chi connectivity index (χ1) is 8.36. The van der Waals surface area contributed by atoms with Gasteiger partial charge in [0.1, 0.15) is 0 Å². The van der Waals surface area contributed by atoms with Gasteiger partial charge in [-0.2, -0.15) is 0 Å². The molecule has 0 saturated heterocycles. The molecule has 2 nitrogen and oxygen atoms in total. The number of pyridine rings is 2. The minimum Gasteiger partial charge on any atom is -0.264 e. The normalized spacial score (nSPS) is 12.3. The van der Waals surface area contributed by atoms with Gasteiger partial charge < -0.3 is 0 Å². The van der Waals surface area contributed by atoms with Crippen molar-refractivity contribution in [2.75, 3.05) is 0 Å². The first-order valence-electron chi connectivity index (χ1n) is 6.16. The maximum Gasteiger partial charge on any atom is 0.0403 e. The Labute approximate surface area is 103 Å². The smallest absolute Gasteiger partial charge is 0.0403 e. The highest BCUT2D eigenvalue weighted by molar-refractivity contribution is 5.13. The molecule has 2 aromatic rings. The molecular formula is C15H18N2. The lowest BCUT2D eigenvalue weighted by Gasteiger charge is -2.10. The van der Waals surface area contributed by atoms with Crippen LogP contribution in [0.4, 0.5) is 0 Å². The summed E-state index contributed by atoms with van der Waals surface area (Å²) in [6.07, 6.45) is 9.07. The zero-order valence-corrected chi connectivity index (χ0v) is 10.2. The highest BCUT2D eigenvalue weighted by atomic mass is 14.7. The molecule has 1 unspecified atom stereocenters. The van der Waals surface area contributed by atoms with Crippen LogP contribution >= 0.6 is 0 Å². The largest absolute Gasteiger partial charge is 0.264 e. The summed E-state index contributed by atoms with van der Waals surface area (Å²) in [6.45, 7) is 2.26. The molecule has 0 saturated carbocycles. The van der Waals surface area contributed by atoms with Gasteiger partial charge in [0, 0.05) is 24.3 Å². The van der Waals surface area contributed by atoms with Crippen LogP contribution in [-0.2, 0) is 6.42 Å². The van der Waals surface area contributed by atoms with E-state index in [1.807, 2.05) is 36.8 Å². The van der Waals surface area contributed by atoms with E-state index in [-0.39, 0.29) is 0 Å². The molecule has 0 amide bonds. The van der Waals surface area contributed by atoms with E-state index in [1.54, 1.807) is 0 Å². The maximum atomic E-state index is 4.34. The van der Waals surface area contributed by atoms with E-state index in [0.29, 0.717) is 5.92 Å². The van der Waals surface area contributed by atoms with E-state index < -0.39 is 0 Å². The molecule has 2 rings (SSSR count). The van der Waals surface area contributed by atoms with E-state index >= 15 is 0 Å². The Morgan fingerprint density at radius 2 is 2.06 bits per heavy atom. The Morgan fingerprint density at radius 1 is 1.12 bits per heavy atom. The molecule has 0 aliphatic rings. The predicted molar refractivity (Wildman–Crippen MR) is 69.8 cm³/mol. The van der Waals surface area contributed by atoms with Crippen LogP contribution in [0, 0.1) is 0 Å². The highest BCUT2D eigenvalue weighted by Crippen LogP contribution is 2.20. The summed E-state index contributed by atoms with van der Waals surface area (Å²) in [6, 6.07) is 10.3. The van der Waals surface area contributed by atoms with Crippen LogP contribution in [0.25, 0.3) is 0 Å². The number of hydrogen-bond acceptors (Lipinski definition) is 2. The van der Waals surface area contributed by atoms with Crippen molar-refractivity contribution in [1.29, 1.82) is 0 Å². The van der Waals surface area contributed by atoms with E-state index in [9.17, 15) is 0 Å². The van der Waals surface area contributed by atoms with Gasteiger partial charge in [-0.1, -0.05) is 19.1 Å². The standard InChI is InChI=1S/C15H18N2/c1-13(14-7-5-10-16-12-14)6-4-9-15-8-2-3-11-17-15/h2-3,5,7-8,10-13H,4,6,9H2,1H3. The predicted octanol–water partition coefficient (Wildman–Crippen LogP) is 3.60. The van der Waals surface area contributed by atoms with Crippen molar-refractivity contribution in [3.8, 4) is 0 Å². The van der Waals surface area contributed by atoms with Crippen LogP contribution in [0.2, 0.25) is 0 Å². The lowest BCUT2D eigenvalue weighted by molar-refractivity contribution is 0.627. The second-order valence-electron chi connectivity index (χ2n) is 4.40. The van der Waals surface area contributed by atoms with Crippen LogP contribution < -0.4 is 0 Å². The average Bonchev–Trinajstić information content (AvgIpc) is 2.41. The van der Waals surface area contributed by atoms with Crippen molar-refractivity contribution in [1.82, 2.24) is 9.97 Å². The summed E-state index contributed by atoms with van der Waals surface area (Å²) in [4.78, 5) is 8.50.